The van der Waals surface area contributed by atoms with Crippen LogP contribution in [0.25, 0.3) is 32.7 Å². The number of phenols is 2. The van der Waals surface area contributed by atoms with Crippen LogP contribution in [0.1, 0.15) is 25.0 Å². The van der Waals surface area contributed by atoms with E-state index in [-0.39, 0.29) is 11.5 Å². The first-order chi connectivity index (χ1) is 18.3. The van der Waals surface area contributed by atoms with E-state index in [0.717, 1.165) is 10.8 Å². The summed E-state index contributed by atoms with van der Waals surface area (Å²) in [4.78, 5) is 32.2. The van der Waals surface area contributed by atoms with Crippen LogP contribution in [0, 0.1) is 0 Å². The summed E-state index contributed by atoms with van der Waals surface area (Å²) in [6.45, 7) is 3.19. The van der Waals surface area contributed by atoms with Gasteiger partial charge in [0.25, 0.3) is 0 Å². The summed E-state index contributed by atoms with van der Waals surface area (Å²) in [6, 6.07) is 16.9. The number of hydrogen-bond acceptors (Lipinski definition) is 8. The topological polar surface area (TPSA) is 118 Å². The fraction of sp³-hybridized carbons (Fsp3) is 0.200. The molecule has 194 valence electrons. The Kier molecular flexibility index (Phi) is 7.71. The summed E-state index contributed by atoms with van der Waals surface area (Å²) in [6.07, 6.45) is 2.85. The van der Waals surface area contributed by atoms with Crippen LogP contribution >= 0.6 is 0 Å². The summed E-state index contributed by atoms with van der Waals surface area (Å²) in [5.74, 6) is -1.22. The van der Waals surface area contributed by atoms with Crippen LogP contribution < -0.4 is 0 Å². The summed E-state index contributed by atoms with van der Waals surface area (Å²) in [7, 11) is 2.58. The average molecular weight is 513 g/mol. The van der Waals surface area contributed by atoms with Gasteiger partial charge in [-0.05, 0) is 47.5 Å². The first-order valence-corrected chi connectivity index (χ1v) is 12.0. The van der Waals surface area contributed by atoms with E-state index in [1.807, 2.05) is 48.5 Å². The van der Waals surface area contributed by atoms with Crippen LogP contribution in [0.3, 0.4) is 0 Å². The largest absolute Gasteiger partial charge is 0.507 e. The molecule has 2 N–H and O–H groups in total. The van der Waals surface area contributed by atoms with Gasteiger partial charge >= 0.3 is 11.9 Å². The number of carbonyl (C=O) groups is 2. The number of rotatable bonds is 7. The summed E-state index contributed by atoms with van der Waals surface area (Å²) < 4.78 is 9.49. The van der Waals surface area contributed by atoms with E-state index in [9.17, 15) is 19.8 Å². The molecule has 8 nitrogen and oxygen atoms in total. The van der Waals surface area contributed by atoms with Gasteiger partial charge in [0.1, 0.15) is 23.6 Å². The zero-order valence-corrected chi connectivity index (χ0v) is 21.5. The van der Waals surface area contributed by atoms with Crippen LogP contribution in [0.15, 0.2) is 70.6 Å². The van der Waals surface area contributed by atoms with Crippen molar-refractivity contribution >= 4 is 45.9 Å². The maximum Gasteiger partial charge on any atom is 0.330 e. The van der Waals surface area contributed by atoms with Crippen molar-refractivity contribution in [1.29, 1.82) is 0 Å². The number of methoxy groups -OCH3 is 2. The molecule has 4 aromatic rings. The third-order valence-corrected chi connectivity index (χ3v) is 6.31. The second-order valence-corrected chi connectivity index (χ2v) is 8.78. The molecule has 0 radical (unpaired) electrons. The van der Waals surface area contributed by atoms with Crippen molar-refractivity contribution in [3.05, 3.63) is 71.8 Å². The average Bonchev–Trinajstić information content (AvgIpc) is 2.94. The van der Waals surface area contributed by atoms with Gasteiger partial charge in [0, 0.05) is 34.7 Å². The Morgan fingerprint density at radius 1 is 0.711 bits per heavy atom. The lowest BCUT2D eigenvalue weighted by Gasteiger charge is -2.17. The first kappa shape index (κ1) is 26.3. The van der Waals surface area contributed by atoms with Crippen molar-refractivity contribution in [1.82, 2.24) is 0 Å². The van der Waals surface area contributed by atoms with Crippen molar-refractivity contribution in [3.63, 3.8) is 0 Å². The molecule has 0 spiro atoms. The predicted octanol–water partition coefficient (Wildman–Crippen LogP) is 5.03. The quantitative estimate of drug-likeness (QED) is 0.265. The number of nitrogens with zero attached hydrogens (tertiary/aromatic N) is 2. The molecule has 4 rings (SSSR count). The molecule has 0 aromatic heterocycles. The Balaban J connectivity index is 2.01. The van der Waals surface area contributed by atoms with Gasteiger partial charge in [-0.2, -0.15) is 0 Å². The molecule has 4 aromatic carbocycles. The normalized spacial score (nSPS) is 13.3. The standard InChI is InChI=1S/C30H28N2O6/c1-17(29(35)37-3)31-15-21-13-19-9-5-7-11-23(19)25(27(21)33)26-24-12-8-6-10-20(24)14-22(28(26)34)16-32-18(2)30(36)38-4/h5-18,33-34H,1-4H3/t17-,18-/m0/s1. The number of aliphatic imine (C=N–C) groups is 2. The number of ether oxygens (including phenoxy) is 2. The van der Waals surface area contributed by atoms with Gasteiger partial charge in [-0.15, -0.1) is 0 Å². The lowest BCUT2D eigenvalue weighted by molar-refractivity contribution is -0.142. The minimum atomic E-state index is -0.764. The van der Waals surface area contributed by atoms with E-state index >= 15 is 0 Å². The van der Waals surface area contributed by atoms with E-state index in [4.69, 9.17) is 9.47 Å². The molecule has 38 heavy (non-hydrogen) atoms. The van der Waals surface area contributed by atoms with E-state index in [2.05, 4.69) is 9.98 Å². The number of fused-ring (bicyclic) bond motifs is 2. The Hall–Kier alpha value is -4.72. The first-order valence-electron chi connectivity index (χ1n) is 12.0. The third-order valence-electron chi connectivity index (χ3n) is 6.31. The highest BCUT2D eigenvalue weighted by Gasteiger charge is 2.22. The number of phenolic OH excluding ortho intramolecular Hbond substituents is 2. The van der Waals surface area contributed by atoms with Crippen molar-refractivity contribution in [2.75, 3.05) is 14.2 Å². The fourth-order valence-corrected chi connectivity index (χ4v) is 4.27. The molecule has 0 aliphatic rings. The highest BCUT2D eigenvalue weighted by atomic mass is 16.5. The van der Waals surface area contributed by atoms with Gasteiger partial charge in [-0.3, -0.25) is 9.98 Å². The monoisotopic (exact) mass is 512 g/mol. The van der Waals surface area contributed by atoms with Crippen LogP contribution in [0.2, 0.25) is 0 Å². The van der Waals surface area contributed by atoms with Gasteiger partial charge in [0.05, 0.1) is 14.2 Å². The molecule has 0 bridgehead atoms. The molecule has 0 aliphatic carbocycles. The minimum Gasteiger partial charge on any atom is -0.507 e. The van der Waals surface area contributed by atoms with Gasteiger partial charge in [0.15, 0.2) is 0 Å². The SMILES string of the molecule is COC(=O)[C@H](C)N=Cc1cc2ccccc2c(-c2c(O)c(C=N[C@@H](C)C(=O)OC)cc3ccccc23)c1O. The van der Waals surface area contributed by atoms with Crippen molar-refractivity contribution < 1.29 is 29.3 Å². The lowest BCUT2D eigenvalue weighted by atomic mass is 9.89. The van der Waals surface area contributed by atoms with Gasteiger partial charge < -0.3 is 19.7 Å². The molecule has 0 amide bonds. The fourth-order valence-electron chi connectivity index (χ4n) is 4.27. The van der Waals surface area contributed by atoms with Crippen LogP contribution in [0.4, 0.5) is 0 Å². The maximum absolute atomic E-state index is 11.8. The number of hydrogen-bond donors (Lipinski definition) is 2. The minimum absolute atomic E-state index is 0.109. The van der Waals surface area contributed by atoms with E-state index in [0.29, 0.717) is 33.0 Å². The summed E-state index contributed by atoms with van der Waals surface area (Å²) >= 11 is 0. The molecule has 0 unspecified atom stereocenters. The molecule has 0 saturated carbocycles. The molecule has 0 aliphatic heterocycles. The van der Waals surface area contributed by atoms with E-state index in [1.165, 1.54) is 26.6 Å². The maximum atomic E-state index is 11.8. The van der Waals surface area contributed by atoms with Gasteiger partial charge in [-0.1, -0.05) is 48.5 Å². The highest BCUT2D eigenvalue weighted by Crippen LogP contribution is 2.47. The van der Waals surface area contributed by atoms with Crippen molar-refractivity contribution in [2.45, 2.75) is 25.9 Å². The number of benzene rings is 4. The van der Waals surface area contributed by atoms with Crippen LogP contribution in [-0.2, 0) is 19.1 Å². The van der Waals surface area contributed by atoms with E-state index < -0.39 is 24.0 Å². The molecule has 8 heteroatoms. The van der Waals surface area contributed by atoms with Gasteiger partial charge in [-0.25, -0.2) is 9.59 Å². The molecular formula is C30H28N2O6. The second-order valence-electron chi connectivity index (χ2n) is 8.78. The summed E-state index contributed by atoms with van der Waals surface area (Å²) in [5, 5.41) is 26.1. The smallest absolute Gasteiger partial charge is 0.330 e. The Bertz CT molecular complexity index is 1470. The molecule has 0 saturated heterocycles. The Morgan fingerprint density at radius 3 is 1.45 bits per heavy atom. The van der Waals surface area contributed by atoms with Crippen molar-refractivity contribution in [2.24, 2.45) is 9.98 Å². The lowest BCUT2D eigenvalue weighted by Crippen LogP contribution is -2.16. The Morgan fingerprint density at radius 2 is 1.08 bits per heavy atom. The van der Waals surface area contributed by atoms with Crippen LogP contribution in [0.5, 0.6) is 11.5 Å². The van der Waals surface area contributed by atoms with Crippen LogP contribution in [-0.4, -0.2) is 60.9 Å². The van der Waals surface area contributed by atoms with E-state index in [1.54, 1.807) is 26.0 Å². The van der Waals surface area contributed by atoms with Gasteiger partial charge in [0.2, 0.25) is 0 Å². The summed E-state index contributed by atoms with van der Waals surface area (Å²) in [5.41, 5.74) is 1.55. The zero-order chi connectivity index (χ0) is 27.4. The predicted molar refractivity (Wildman–Crippen MR) is 148 cm³/mol. The molecular weight excluding hydrogens is 484 g/mol. The zero-order valence-electron chi connectivity index (χ0n) is 21.5. The second kappa shape index (κ2) is 11.1. The number of esters is 2. The van der Waals surface area contributed by atoms with Crippen molar-refractivity contribution in [3.8, 4) is 22.6 Å². The highest BCUT2D eigenvalue weighted by molar-refractivity contribution is 6.14. The molecule has 0 heterocycles. The molecule has 2 atom stereocenters. The molecule has 0 fully saturated rings. The Labute approximate surface area is 219 Å². The third kappa shape index (κ3) is 5.06. The number of aromatic hydroxyl groups is 2. The number of carbonyl (C=O) groups excluding carboxylic acids is 2.